The van der Waals surface area contributed by atoms with Crippen LogP contribution in [0.25, 0.3) is 11.3 Å². The lowest BCUT2D eigenvalue weighted by Gasteiger charge is -2.32. The van der Waals surface area contributed by atoms with Gasteiger partial charge in [0, 0.05) is 35.5 Å². The second-order valence-electron chi connectivity index (χ2n) is 11.4. The predicted octanol–water partition coefficient (Wildman–Crippen LogP) is 10.5. The van der Waals surface area contributed by atoms with Crippen LogP contribution in [0.3, 0.4) is 0 Å². The molecule has 0 unspecified atom stereocenters. The van der Waals surface area contributed by atoms with Crippen LogP contribution in [0.15, 0.2) is 38.6 Å². The Bertz CT molecular complexity index is 1660. The van der Waals surface area contributed by atoms with E-state index in [1.54, 1.807) is 16.3 Å². The standard InChI is InChI=1S/C21H24BrF3N2O4S.C10H7Br2F3O3/c1-20(2,3)31-19(28)27-7-5-12(6-8-27)18-26-15(11-32-18)13-9-14(22)17(29-4)16(10-13)30-21(23,24)25;1-17-9-6(12)2-5(7(16)4-11)3-8(9)18-10(13,14)15/h9-12H,5-8H2,1-4H3;2-3H,4H2,1H3. The number of carbonyl (C=O) groups is 2. The smallest absolute Gasteiger partial charge is 0.492 e. The highest BCUT2D eigenvalue weighted by atomic mass is 79.9. The van der Waals surface area contributed by atoms with Crippen LogP contribution in [-0.4, -0.2) is 72.7 Å². The van der Waals surface area contributed by atoms with Crippen molar-refractivity contribution in [2.75, 3.05) is 32.6 Å². The Morgan fingerprint density at radius 3 is 1.88 bits per heavy atom. The Labute approximate surface area is 312 Å². The van der Waals surface area contributed by atoms with Gasteiger partial charge in [-0.1, -0.05) is 15.9 Å². The average Bonchev–Trinajstić information content (AvgIpc) is 3.49. The highest BCUT2D eigenvalue weighted by molar-refractivity contribution is 9.11. The molecule has 0 aliphatic carbocycles. The normalized spacial score (nSPS) is 14.0. The molecule has 19 heteroatoms. The second kappa shape index (κ2) is 17.2. The monoisotopic (exact) mass is 926 g/mol. The number of benzene rings is 2. The van der Waals surface area contributed by atoms with Crippen LogP contribution in [0, 0.1) is 0 Å². The number of piperidine rings is 1. The van der Waals surface area contributed by atoms with E-state index in [4.69, 9.17) is 14.2 Å². The Kier molecular flexibility index (Phi) is 14.3. The molecule has 276 valence electrons. The summed E-state index contributed by atoms with van der Waals surface area (Å²) in [7, 11) is 2.48. The summed E-state index contributed by atoms with van der Waals surface area (Å²) in [5, 5.41) is 2.69. The second-order valence-corrected chi connectivity index (χ2v) is 14.6. The number of Topliss-reactive ketones (excluding diaryl/α,β-unsaturated/α-hetero) is 1. The number of alkyl halides is 7. The summed E-state index contributed by atoms with van der Waals surface area (Å²) in [4.78, 5) is 30.0. The number of thiazole rings is 1. The van der Waals surface area contributed by atoms with Crippen LogP contribution in [-0.2, 0) is 4.74 Å². The number of nitrogens with zero attached hydrogens (tertiary/aromatic N) is 2. The molecule has 0 bridgehead atoms. The van der Waals surface area contributed by atoms with Gasteiger partial charge in [-0.25, -0.2) is 9.78 Å². The first-order valence-corrected chi connectivity index (χ1v) is 18.0. The number of likely N-dealkylation sites (tertiary alicyclic amines) is 1. The molecule has 4 rings (SSSR count). The van der Waals surface area contributed by atoms with E-state index < -0.39 is 29.8 Å². The van der Waals surface area contributed by atoms with Crippen LogP contribution >= 0.6 is 59.1 Å². The molecule has 50 heavy (non-hydrogen) atoms. The molecular weight excluding hydrogens is 898 g/mol. The van der Waals surface area contributed by atoms with Gasteiger partial charge in [0.05, 0.1) is 39.2 Å². The van der Waals surface area contributed by atoms with Crippen molar-refractivity contribution in [1.29, 1.82) is 0 Å². The van der Waals surface area contributed by atoms with E-state index in [9.17, 15) is 35.9 Å². The quantitative estimate of drug-likeness (QED) is 0.125. The number of halogens is 9. The van der Waals surface area contributed by atoms with Crippen molar-refractivity contribution in [3.05, 3.63) is 49.2 Å². The molecule has 0 atom stereocenters. The lowest BCUT2D eigenvalue weighted by molar-refractivity contribution is -0.276. The number of carbonyl (C=O) groups excluding carboxylic acids is 2. The van der Waals surface area contributed by atoms with Crippen molar-refractivity contribution in [2.24, 2.45) is 0 Å². The Hall–Kier alpha value is -2.77. The summed E-state index contributed by atoms with van der Waals surface area (Å²) < 4.78 is 98.8. The maximum Gasteiger partial charge on any atom is 0.573 e. The third kappa shape index (κ3) is 12.2. The topological polar surface area (TPSA) is 96.4 Å². The largest absolute Gasteiger partial charge is 0.573 e. The number of hydrogen-bond acceptors (Lipinski definition) is 9. The molecule has 1 saturated heterocycles. The van der Waals surface area contributed by atoms with E-state index in [0.29, 0.717) is 28.8 Å². The number of hydrogen-bond donors (Lipinski definition) is 0. The highest BCUT2D eigenvalue weighted by Crippen LogP contribution is 2.43. The lowest BCUT2D eigenvalue weighted by Crippen LogP contribution is -2.41. The minimum Gasteiger partial charge on any atom is -0.492 e. The van der Waals surface area contributed by atoms with E-state index in [1.807, 2.05) is 20.8 Å². The molecule has 1 fully saturated rings. The fraction of sp³-hybridized carbons (Fsp3) is 0.452. The van der Waals surface area contributed by atoms with Crippen molar-refractivity contribution in [2.45, 2.75) is 57.9 Å². The molecule has 1 aromatic heterocycles. The molecule has 2 aromatic carbocycles. The molecule has 2 heterocycles. The number of methoxy groups -OCH3 is 2. The SMILES string of the molecule is COc1c(Br)cc(-c2csc(C3CCN(C(=O)OC(C)(C)C)CC3)n2)cc1OC(F)(F)F.COc1c(Br)cc(C(=O)CBr)cc1OC(F)(F)F. The van der Waals surface area contributed by atoms with E-state index in [1.165, 1.54) is 37.7 Å². The van der Waals surface area contributed by atoms with E-state index >= 15 is 0 Å². The number of ketones is 1. The highest BCUT2D eigenvalue weighted by Gasteiger charge is 2.35. The maximum atomic E-state index is 12.8. The molecule has 3 aromatic rings. The first-order valence-electron chi connectivity index (χ1n) is 14.4. The Morgan fingerprint density at radius 1 is 0.880 bits per heavy atom. The van der Waals surface area contributed by atoms with Gasteiger partial charge in [-0.05, 0) is 89.7 Å². The molecule has 1 aliphatic heterocycles. The van der Waals surface area contributed by atoms with Gasteiger partial charge >= 0.3 is 18.8 Å². The van der Waals surface area contributed by atoms with Gasteiger partial charge in [-0.3, -0.25) is 4.79 Å². The Morgan fingerprint density at radius 2 is 1.40 bits per heavy atom. The third-order valence-electron chi connectivity index (χ3n) is 6.64. The van der Waals surface area contributed by atoms with Crippen LogP contribution < -0.4 is 18.9 Å². The fourth-order valence-electron chi connectivity index (χ4n) is 4.56. The van der Waals surface area contributed by atoms with E-state index in [0.717, 1.165) is 23.9 Å². The number of aromatic nitrogens is 1. The van der Waals surface area contributed by atoms with E-state index in [-0.39, 0.29) is 44.7 Å². The van der Waals surface area contributed by atoms with Gasteiger partial charge in [0.15, 0.2) is 28.8 Å². The summed E-state index contributed by atoms with van der Waals surface area (Å²) in [6.45, 7) is 6.62. The van der Waals surface area contributed by atoms with Crippen LogP contribution in [0.1, 0.15) is 54.9 Å². The van der Waals surface area contributed by atoms with Crippen LogP contribution in [0.4, 0.5) is 31.1 Å². The van der Waals surface area contributed by atoms with Crippen molar-refractivity contribution in [3.8, 4) is 34.3 Å². The van der Waals surface area contributed by atoms with Gasteiger partial charge in [0.1, 0.15) is 5.60 Å². The first kappa shape index (κ1) is 41.6. The molecule has 0 N–H and O–H groups in total. The van der Waals surface area contributed by atoms with Gasteiger partial charge in [-0.15, -0.1) is 37.7 Å². The van der Waals surface area contributed by atoms with Gasteiger partial charge < -0.3 is 28.6 Å². The molecule has 1 aliphatic rings. The zero-order valence-corrected chi connectivity index (χ0v) is 32.6. The summed E-state index contributed by atoms with van der Waals surface area (Å²) >= 11 is 10.7. The molecule has 0 spiro atoms. The number of amides is 1. The van der Waals surface area contributed by atoms with Crippen molar-refractivity contribution < 1.29 is 59.6 Å². The fourth-order valence-corrected chi connectivity index (χ4v) is 7.09. The minimum atomic E-state index is -4.86. The summed E-state index contributed by atoms with van der Waals surface area (Å²) in [5.74, 6) is -1.38. The molecule has 9 nitrogen and oxygen atoms in total. The van der Waals surface area contributed by atoms with Crippen molar-refractivity contribution in [3.63, 3.8) is 0 Å². The summed E-state index contributed by atoms with van der Waals surface area (Å²) in [6, 6.07) is 5.26. The lowest BCUT2D eigenvalue weighted by atomic mass is 9.98. The third-order valence-corrected chi connectivity index (χ3v) is 9.33. The van der Waals surface area contributed by atoms with E-state index in [2.05, 4.69) is 62.2 Å². The van der Waals surface area contributed by atoms with Gasteiger partial charge in [0.2, 0.25) is 0 Å². The maximum absolute atomic E-state index is 12.8. The predicted molar refractivity (Wildman–Crippen MR) is 184 cm³/mol. The number of rotatable bonds is 8. The van der Waals surface area contributed by atoms with Gasteiger partial charge in [-0.2, -0.15) is 0 Å². The minimum absolute atomic E-state index is 0.00275. The molecule has 1 amide bonds. The molecule has 0 radical (unpaired) electrons. The zero-order valence-electron chi connectivity index (χ0n) is 27.1. The van der Waals surface area contributed by atoms with Crippen molar-refractivity contribution >= 4 is 71.0 Å². The molecule has 0 saturated carbocycles. The Balaban J connectivity index is 0.000000319. The average molecular weight is 929 g/mol. The number of ether oxygens (including phenoxy) is 5. The van der Waals surface area contributed by atoms with Crippen LogP contribution in [0.5, 0.6) is 23.0 Å². The van der Waals surface area contributed by atoms with Crippen LogP contribution in [0.2, 0.25) is 0 Å². The first-order chi connectivity index (χ1) is 23.1. The summed E-state index contributed by atoms with van der Waals surface area (Å²) in [6.07, 6.45) is -8.55. The van der Waals surface area contributed by atoms with Crippen molar-refractivity contribution in [1.82, 2.24) is 9.88 Å². The summed E-state index contributed by atoms with van der Waals surface area (Å²) in [5.41, 5.74) is 0.568. The molecular formula is C31H31Br3F6N2O7S. The van der Waals surface area contributed by atoms with Gasteiger partial charge in [0.25, 0.3) is 0 Å². The zero-order chi connectivity index (χ0) is 37.6.